The number of aromatic nitrogens is 3. The van der Waals surface area contributed by atoms with E-state index in [4.69, 9.17) is 5.73 Å². The lowest BCUT2D eigenvalue weighted by molar-refractivity contribution is 0.0999. The Bertz CT molecular complexity index is 820. The van der Waals surface area contributed by atoms with Gasteiger partial charge in [-0.1, -0.05) is 12.1 Å². The fourth-order valence-corrected chi connectivity index (χ4v) is 2.45. The van der Waals surface area contributed by atoms with Crippen LogP contribution in [0.3, 0.4) is 0 Å². The summed E-state index contributed by atoms with van der Waals surface area (Å²) in [4.78, 5) is 20.4. The second-order valence-electron chi connectivity index (χ2n) is 4.71. The van der Waals surface area contributed by atoms with E-state index < -0.39 is 5.91 Å². The SMILES string of the molecule is Cc1cc(-n2cnc3ccccc32)c(C(N)=O)c(C)n1. The molecule has 0 unspecified atom stereocenters. The molecule has 0 aliphatic carbocycles. The molecular weight excluding hydrogens is 252 g/mol. The number of nitrogens with two attached hydrogens (primary N) is 1. The standard InChI is InChI=1S/C15H14N4O/c1-9-7-13(14(15(16)20)10(2)18-9)19-8-17-11-5-3-4-6-12(11)19/h3-8H,1-2H3,(H2,16,20). The molecule has 0 radical (unpaired) electrons. The lowest BCUT2D eigenvalue weighted by Crippen LogP contribution is -2.17. The summed E-state index contributed by atoms with van der Waals surface area (Å²) in [7, 11) is 0. The molecule has 0 aliphatic heterocycles. The third-order valence-electron chi connectivity index (χ3n) is 3.27. The van der Waals surface area contributed by atoms with Gasteiger partial charge in [-0.2, -0.15) is 0 Å². The van der Waals surface area contributed by atoms with Gasteiger partial charge in [0.15, 0.2) is 0 Å². The summed E-state index contributed by atoms with van der Waals surface area (Å²) in [5.74, 6) is -0.484. The van der Waals surface area contributed by atoms with Gasteiger partial charge in [0.25, 0.3) is 5.91 Å². The van der Waals surface area contributed by atoms with Crippen molar-refractivity contribution < 1.29 is 4.79 Å². The molecular formula is C15H14N4O. The van der Waals surface area contributed by atoms with E-state index in [-0.39, 0.29) is 0 Å². The Labute approximate surface area is 116 Å². The lowest BCUT2D eigenvalue weighted by atomic mass is 10.1. The average Bonchev–Trinajstić information content (AvgIpc) is 2.80. The highest BCUT2D eigenvalue weighted by atomic mass is 16.1. The van der Waals surface area contributed by atoms with Gasteiger partial charge in [0.2, 0.25) is 0 Å². The predicted molar refractivity (Wildman–Crippen MR) is 76.9 cm³/mol. The first-order valence-electron chi connectivity index (χ1n) is 6.28. The number of pyridine rings is 1. The number of carbonyl (C=O) groups excluding carboxylic acids is 1. The maximum absolute atomic E-state index is 11.7. The molecule has 0 saturated heterocycles. The predicted octanol–water partition coefficient (Wildman–Crippen LogP) is 2.14. The number of nitrogens with zero attached hydrogens (tertiary/aromatic N) is 3. The van der Waals surface area contributed by atoms with E-state index in [9.17, 15) is 4.79 Å². The quantitative estimate of drug-likeness (QED) is 0.772. The number of aryl methyl sites for hydroxylation is 2. The number of amides is 1. The first-order valence-corrected chi connectivity index (χ1v) is 6.28. The zero-order valence-corrected chi connectivity index (χ0v) is 11.3. The summed E-state index contributed by atoms with van der Waals surface area (Å²) >= 11 is 0. The van der Waals surface area contributed by atoms with Gasteiger partial charge in [0.05, 0.1) is 28.0 Å². The highest BCUT2D eigenvalue weighted by Gasteiger charge is 2.16. The van der Waals surface area contributed by atoms with Crippen LogP contribution in [0.25, 0.3) is 16.7 Å². The van der Waals surface area contributed by atoms with E-state index in [0.29, 0.717) is 11.3 Å². The van der Waals surface area contributed by atoms with E-state index >= 15 is 0 Å². The molecule has 1 amide bonds. The van der Waals surface area contributed by atoms with E-state index in [1.165, 1.54) is 0 Å². The maximum atomic E-state index is 11.7. The number of imidazole rings is 1. The van der Waals surface area contributed by atoms with Crippen molar-refractivity contribution in [1.82, 2.24) is 14.5 Å². The van der Waals surface area contributed by atoms with Crippen molar-refractivity contribution in [1.29, 1.82) is 0 Å². The maximum Gasteiger partial charge on any atom is 0.252 e. The van der Waals surface area contributed by atoms with Crippen molar-refractivity contribution in [2.75, 3.05) is 0 Å². The molecule has 100 valence electrons. The molecule has 2 N–H and O–H groups in total. The molecule has 5 heteroatoms. The number of carbonyl (C=O) groups is 1. The molecule has 0 aliphatic rings. The summed E-state index contributed by atoms with van der Waals surface area (Å²) < 4.78 is 1.87. The van der Waals surface area contributed by atoms with Crippen LogP contribution in [0.15, 0.2) is 36.7 Å². The molecule has 20 heavy (non-hydrogen) atoms. The van der Waals surface area contributed by atoms with E-state index in [1.54, 1.807) is 13.3 Å². The number of benzene rings is 1. The lowest BCUT2D eigenvalue weighted by Gasteiger charge is -2.12. The molecule has 0 saturated carbocycles. The van der Waals surface area contributed by atoms with Crippen molar-refractivity contribution in [3.05, 3.63) is 53.6 Å². The van der Waals surface area contributed by atoms with Crippen LogP contribution in [0.2, 0.25) is 0 Å². The van der Waals surface area contributed by atoms with Crippen LogP contribution in [-0.4, -0.2) is 20.4 Å². The molecule has 3 aromatic rings. The summed E-state index contributed by atoms with van der Waals surface area (Å²) in [5.41, 5.74) is 9.92. The minimum atomic E-state index is -0.484. The summed E-state index contributed by atoms with van der Waals surface area (Å²) in [6, 6.07) is 9.60. The third kappa shape index (κ3) is 1.84. The number of hydrogen-bond donors (Lipinski definition) is 1. The van der Waals surface area contributed by atoms with Crippen molar-refractivity contribution in [2.24, 2.45) is 5.73 Å². The molecule has 2 aromatic heterocycles. The highest BCUT2D eigenvalue weighted by Crippen LogP contribution is 2.23. The van der Waals surface area contributed by atoms with Gasteiger partial charge in [-0.3, -0.25) is 14.3 Å². The van der Waals surface area contributed by atoms with Crippen LogP contribution >= 0.6 is 0 Å². The Morgan fingerprint density at radius 1 is 1.25 bits per heavy atom. The van der Waals surface area contributed by atoms with E-state index in [0.717, 1.165) is 22.4 Å². The number of hydrogen-bond acceptors (Lipinski definition) is 3. The summed E-state index contributed by atoms with van der Waals surface area (Å²) in [6.07, 6.45) is 1.70. The van der Waals surface area contributed by atoms with Crippen LogP contribution in [0.5, 0.6) is 0 Å². The van der Waals surface area contributed by atoms with Gasteiger partial charge in [-0.15, -0.1) is 0 Å². The summed E-state index contributed by atoms with van der Waals surface area (Å²) in [5, 5.41) is 0. The Hall–Kier alpha value is -2.69. The van der Waals surface area contributed by atoms with E-state index in [1.807, 2.05) is 41.8 Å². The van der Waals surface area contributed by atoms with Crippen molar-refractivity contribution in [2.45, 2.75) is 13.8 Å². The zero-order chi connectivity index (χ0) is 14.3. The van der Waals surface area contributed by atoms with E-state index in [2.05, 4.69) is 9.97 Å². The smallest absolute Gasteiger partial charge is 0.252 e. The molecule has 0 fully saturated rings. The van der Waals surface area contributed by atoms with Gasteiger partial charge >= 0.3 is 0 Å². The second-order valence-corrected chi connectivity index (χ2v) is 4.71. The van der Waals surface area contributed by atoms with Crippen LogP contribution in [0.4, 0.5) is 0 Å². The molecule has 2 heterocycles. The van der Waals surface area contributed by atoms with Gasteiger partial charge in [0, 0.05) is 5.69 Å². The van der Waals surface area contributed by atoms with Crippen molar-refractivity contribution >= 4 is 16.9 Å². The number of rotatable bonds is 2. The normalized spacial score (nSPS) is 10.9. The minimum absolute atomic E-state index is 0.429. The van der Waals surface area contributed by atoms with Gasteiger partial charge in [-0.25, -0.2) is 4.98 Å². The van der Waals surface area contributed by atoms with Crippen LogP contribution in [0.1, 0.15) is 21.7 Å². The number of para-hydroxylation sites is 2. The molecule has 5 nitrogen and oxygen atoms in total. The molecule has 3 rings (SSSR count). The first kappa shape index (κ1) is 12.3. The van der Waals surface area contributed by atoms with Gasteiger partial charge < -0.3 is 5.73 Å². The topological polar surface area (TPSA) is 73.8 Å². The Balaban J connectivity index is 2.37. The average molecular weight is 266 g/mol. The Morgan fingerprint density at radius 3 is 2.75 bits per heavy atom. The second kappa shape index (κ2) is 4.45. The van der Waals surface area contributed by atoms with Gasteiger partial charge in [0.1, 0.15) is 6.33 Å². The van der Waals surface area contributed by atoms with Crippen LogP contribution in [-0.2, 0) is 0 Å². The third-order valence-corrected chi connectivity index (χ3v) is 3.27. The van der Waals surface area contributed by atoms with Crippen LogP contribution in [0, 0.1) is 13.8 Å². The Kier molecular flexibility index (Phi) is 2.75. The largest absolute Gasteiger partial charge is 0.365 e. The van der Waals surface area contributed by atoms with Crippen molar-refractivity contribution in [3.63, 3.8) is 0 Å². The van der Waals surface area contributed by atoms with Crippen molar-refractivity contribution in [3.8, 4) is 5.69 Å². The number of primary amides is 1. The fourth-order valence-electron chi connectivity index (χ4n) is 2.45. The first-order chi connectivity index (χ1) is 9.58. The number of fused-ring (bicyclic) bond motifs is 1. The Morgan fingerprint density at radius 2 is 2.00 bits per heavy atom. The molecule has 0 spiro atoms. The molecule has 0 atom stereocenters. The zero-order valence-electron chi connectivity index (χ0n) is 11.3. The minimum Gasteiger partial charge on any atom is -0.365 e. The van der Waals surface area contributed by atoms with Gasteiger partial charge in [-0.05, 0) is 32.0 Å². The molecule has 0 bridgehead atoms. The monoisotopic (exact) mass is 266 g/mol. The fraction of sp³-hybridized carbons (Fsp3) is 0.133. The summed E-state index contributed by atoms with van der Waals surface area (Å²) in [6.45, 7) is 3.68. The molecule has 1 aromatic carbocycles. The highest BCUT2D eigenvalue weighted by molar-refractivity contribution is 5.98. The van der Waals surface area contributed by atoms with Crippen LogP contribution < -0.4 is 5.73 Å².